The summed E-state index contributed by atoms with van der Waals surface area (Å²) >= 11 is 1.21. The van der Waals surface area contributed by atoms with E-state index >= 15 is 0 Å². The topological polar surface area (TPSA) is 113 Å². The lowest BCUT2D eigenvalue weighted by molar-refractivity contribution is -0.137. The number of aryl methyl sites for hydroxylation is 1. The predicted molar refractivity (Wildman–Crippen MR) is 141 cm³/mol. The monoisotopic (exact) mass is 595 g/mol. The van der Waals surface area contributed by atoms with E-state index in [4.69, 9.17) is 0 Å². The Labute approximate surface area is 233 Å². The van der Waals surface area contributed by atoms with Crippen molar-refractivity contribution in [2.45, 2.75) is 61.2 Å². The van der Waals surface area contributed by atoms with E-state index in [9.17, 15) is 26.4 Å². The number of aromatic nitrogens is 4. The first-order chi connectivity index (χ1) is 18.9. The summed E-state index contributed by atoms with van der Waals surface area (Å²) in [7, 11) is -0.278. The first kappa shape index (κ1) is 27.1. The van der Waals surface area contributed by atoms with Gasteiger partial charge in [-0.2, -0.15) is 22.6 Å². The average Bonchev–Trinajstić information content (AvgIpc) is 3.69. The molecule has 6 rings (SSSR count). The number of alkyl halides is 3. The van der Waals surface area contributed by atoms with Crippen molar-refractivity contribution in [2.24, 2.45) is 7.05 Å². The Bertz CT molecular complexity index is 1570. The second-order valence-corrected chi connectivity index (χ2v) is 13.6. The minimum Gasteiger partial charge on any atom is -0.351 e. The van der Waals surface area contributed by atoms with Crippen LogP contribution in [0.15, 0.2) is 29.6 Å². The first-order valence-electron chi connectivity index (χ1n) is 13.0. The average molecular weight is 596 g/mol. The van der Waals surface area contributed by atoms with E-state index in [2.05, 4.69) is 20.4 Å². The Morgan fingerprint density at radius 3 is 2.45 bits per heavy atom. The van der Waals surface area contributed by atoms with Crippen molar-refractivity contribution >= 4 is 33.2 Å². The number of hydrogen-bond acceptors (Lipinski definition) is 8. The molecule has 1 saturated heterocycles. The van der Waals surface area contributed by atoms with Crippen LogP contribution in [0.5, 0.6) is 0 Å². The standard InChI is InChI=1S/C25H28F3N7O3S2/c1-33-14-16(12-30-33)40(37,38)35-9-5-15(6-10-35)31-23-29-13-18(25(26,27)28)20(32-23)19-11-17-21(39-19)24(7-3-4-8-24)34(2)22(17)36/h11-15H,3-10H2,1-2H3,(H,29,31,32). The summed E-state index contributed by atoms with van der Waals surface area (Å²) in [5.41, 5.74) is -1.22. The van der Waals surface area contributed by atoms with Crippen LogP contribution in [-0.4, -0.2) is 69.5 Å². The van der Waals surface area contributed by atoms with E-state index in [-0.39, 0.29) is 46.5 Å². The SMILES string of the molecule is CN1C(=O)c2cc(-c3nc(NC4CCN(S(=O)(=O)c5cnn(C)c5)CC4)ncc3C(F)(F)F)sc2C12CCCC2. The second kappa shape index (κ2) is 9.52. The van der Waals surface area contributed by atoms with E-state index in [1.54, 1.807) is 19.0 Å². The molecule has 1 N–H and O–H groups in total. The van der Waals surface area contributed by atoms with Crippen LogP contribution in [0.4, 0.5) is 19.1 Å². The highest BCUT2D eigenvalue weighted by molar-refractivity contribution is 7.89. The Morgan fingerprint density at radius 2 is 1.82 bits per heavy atom. The first-order valence-corrected chi connectivity index (χ1v) is 15.3. The van der Waals surface area contributed by atoms with Crippen LogP contribution in [0.3, 0.4) is 0 Å². The predicted octanol–water partition coefficient (Wildman–Crippen LogP) is 4.08. The van der Waals surface area contributed by atoms with Crippen LogP contribution in [-0.2, 0) is 28.8 Å². The number of hydrogen-bond donors (Lipinski definition) is 1. The molecule has 0 atom stereocenters. The molecule has 2 aliphatic heterocycles. The highest BCUT2D eigenvalue weighted by Gasteiger charge is 2.51. The van der Waals surface area contributed by atoms with Crippen LogP contribution in [0.1, 0.15) is 59.3 Å². The van der Waals surface area contributed by atoms with Gasteiger partial charge in [-0.1, -0.05) is 12.8 Å². The summed E-state index contributed by atoms with van der Waals surface area (Å²) in [6.07, 6.45) is 3.20. The van der Waals surface area contributed by atoms with Gasteiger partial charge in [0.05, 0.1) is 27.9 Å². The fraction of sp³-hybridized carbons (Fsp3) is 0.520. The van der Waals surface area contributed by atoms with E-state index in [0.29, 0.717) is 18.4 Å². The number of nitrogens with zero attached hydrogens (tertiary/aromatic N) is 6. The Balaban J connectivity index is 1.25. The lowest BCUT2D eigenvalue weighted by Gasteiger charge is -2.32. The molecule has 1 aliphatic carbocycles. The molecule has 214 valence electrons. The van der Waals surface area contributed by atoms with Gasteiger partial charge in [0.1, 0.15) is 10.5 Å². The summed E-state index contributed by atoms with van der Waals surface area (Å²) in [6, 6.07) is 1.31. The lowest BCUT2D eigenvalue weighted by Crippen LogP contribution is -2.42. The number of fused-ring (bicyclic) bond motifs is 2. The van der Waals surface area contributed by atoms with Gasteiger partial charge in [0.25, 0.3) is 5.91 Å². The highest BCUT2D eigenvalue weighted by atomic mass is 32.2. The minimum atomic E-state index is -4.68. The highest BCUT2D eigenvalue weighted by Crippen LogP contribution is 2.54. The normalized spacial score (nSPS) is 20.0. The molecule has 10 nitrogen and oxygen atoms in total. The fourth-order valence-electron chi connectivity index (χ4n) is 6.01. The summed E-state index contributed by atoms with van der Waals surface area (Å²) in [5.74, 6) is -0.141. The lowest BCUT2D eigenvalue weighted by atomic mass is 9.96. The third-order valence-corrected chi connectivity index (χ3v) is 11.4. The Kier molecular flexibility index (Phi) is 6.46. The molecule has 0 unspecified atom stereocenters. The van der Waals surface area contributed by atoms with Gasteiger partial charge in [-0.3, -0.25) is 9.48 Å². The van der Waals surface area contributed by atoms with Crippen LogP contribution in [0, 0.1) is 0 Å². The van der Waals surface area contributed by atoms with Crippen molar-refractivity contribution in [3.8, 4) is 10.6 Å². The fourth-order valence-corrected chi connectivity index (χ4v) is 8.90. The number of piperidine rings is 1. The minimum absolute atomic E-state index is 0.0316. The zero-order valence-electron chi connectivity index (χ0n) is 21.9. The molecule has 1 saturated carbocycles. The van der Waals surface area contributed by atoms with Gasteiger partial charge in [-0.15, -0.1) is 11.3 Å². The molecule has 3 aliphatic rings. The van der Waals surface area contributed by atoms with Crippen molar-refractivity contribution in [1.29, 1.82) is 0 Å². The van der Waals surface area contributed by atoms with E-state index in [1.165, 1.54) is 38.8 Å². The molecule has 15 heteroatoms. The molecule has 1 spiro atoms. The van der Waals surface area contributed by atoms with Gasteiger partial charge < -0.3 is 10.2 Å². The van der Waals surface area contributed by atoms with E-state index in [0.717, 1.165) is 36.8 Å². The maximum Gasteiger partial charge on any atom is 0.420 e. The molecular weight excluding hydrogens is 567 g/mol. The van der Waals surface area contributed by atoms with Crippen LogP contribution in [0.25, 0.3) is 10.6 Å². The van der Waals surface area contributed by atoms with Gasteiger partial charge in [0, 0.05) is 50.5 Å². The van der Waals surface area contributed by atoms with Crippen molar-refractivity contribution in [3.05, 3.63) is 40.7 Å². The third-order valence-electron chi connectivity index (χ3n) is 8.20. The molecule has 1 amide bonds. The van der Waals surface area contributed by atoms with E-state index < -0.39 is 27.3 Å². The summed E-state index contributed by atoms with van der Waals surface area (Å²) in [5, 5.41) is 7.03. The van der Waals surface area contributed by atoms with Crippen molar-refractivity contribution < 1.29 is 26.4 Å². The zero-order valence-corrected chi connectivity index (χ0v) is 23.5. The van der Waals surface area contributed by atoms with Gasteiger partial charge in [-0.25, -0.2) is 18.4 Å². The van der Waals surface area contributed by atoms with Crippen LogP contribution < -0.4 is 5.32 Å². The third kappa shape index (κ3) is 4.38. The Morgan fingerprint density at radius 1 is 1.12 bits per heavy atom. The second-order valence-electron chi connectivity index (χ2n) is 10.6. The molecule has 5 heterocycles. The maximum absolute atomic E-state index is 14.0. The quantitative estimate of drug-likeness (QED) is 0.473. The number of sulfonamides is 1. The smallest absolute Gasteiger partial charge is 0.351 e. The molecule has 40 heavy (non-hydrogen) atoms. The van der Waals surface area contributed by atoms with Crippen LogP contribution in [0.2, 0.25) is 0 Å². The van der Waals surface area contributed by atoms with Gasteiger partial charge in [0.15, 0.2) is 0 Å². The van der Waals surface area contributed by atoms with Gasteiger partial charge in [0.2, 0.25) is 16.0 Å². The van der Waals surface area contributed by atoms with Crippen LogP contribution >= 0.6 is 11.3 Å². The number of rotatable bonds is 5. The molecule has 0 radical (unpaired) electrons. The van der Waals surface area contributed by atoms with Crippen molar-refractivity contribution in [3.63, 3.8) is 0 Å². The number of halogens is 3. The summed E-state index contributed by atoms with van der Waals surface area (Å²) < 4.78 is 70.6. The van der Waals surface area contributed by atoms with E-state index in [1.807, 2.05) is 0 Å². The molecule has 3 aromatic rings. The molecule has 3 aromatic heterocycles. The zero-order chi connectivity index (χ0) is 28.4. The van der Waals surface area contributed by atoms with Crippen molar-refractivity contribution in [1.82, 2.24) is 29.0 Å². The number of carbonyl (C=O) groups is 1. The number of nitrogens with one attached hydrogen (secondary N) is 1. The molecule has 0 bridgehead atoms. The maximum atomic E-state index is 14.0. The van der Waals surface area contributed by atoms with Crippen molar-refractivity contribution in [2.75, 3.05) is 25.5 Å². The summed E-state index contributed by atoms with van der Waals surface area (Å²) in [6.45, 7) is 0.468. The summed E-state index contributed by atoms with van der Waals surface area (Å²) in [4.78, 5) is 24.2. The number of amides is 1. The molecule has 2 fully saturated rings. The van der Waals surface area contributed by atoms with Gasteiger partial charge >= 0.3 is 6.18 Å². The Hall–Kier alpha value is -3.04. The molecular formula is C25H28F3N7O3S2. The van der Waals surface area contributed by atoms with Gasteiger partial charge in [-0.05, 0) is 31.7 Å². The number of carbonyl (C=O) groups excluding carboxylic acids is 1. The molecule has 0 aromatic carbocycles. The largest absolute Gasteiger partial charge is 0.420 e. The number of thiophene rings is 1. The number of anilines is 1.